The van der Waals surface area contributed by atoms with E-state index in [-0.39, 0.29) is 5.92 Å². The predicted octanol–water partition coefficient (Wildman–Crippen LogP) is 5.53. The molecule has 35 heavy (non-hydrogen) atoms. The van der Waals surface area contributed by atoms with Crippen LogP contribution in [0.25, 0.3) is 10.9 Å². The summed E-state index contributed by atoms with van der Waals surface area (Å²) in [5, 5.41) is 22.5. The van der Waals surface area contributed by atoms with E-state index in [2.05, 4.69) is 9.88 Å². The zero-order valence-electron chi connectivity index (χ0n) is 19.8. The Morgan fingerprint density at radius 3 is 2.80 bits per heavy atom. The molecule has 0 saturated carbocycles. The lowest BCUT2D eigenvalue weighted by molar-refractivity contribution is -0.146. The number of aliphatic carboxylic acids is 1. The number of aliphatic hydroxyl groups is 1. The molecule has 1 aliphatic heterocycles. The number of thioether (sulfide) groups is 1. The highest BCUT2D eigenvalue weighted by Crippen LogP contribution is 2.34. The van der Waals surface area contributed by atoms with Crippen LogP contribution in [0.1, 0.15) is 30.9 Å². The van der Waals surface area contributed by atoms with Crippen LogP contribution in [-0.4, -0.2) is 58.6 Å². The van der Waals surface area contributed by atoms with Crippen molar-refractivity contribution in [3.05, 3.63) is 65.3 Å². The molecule has 3 atom stereocenters. The number of hydrogen-bond donors (Lipinski definition) is 2. The lowest BCUT2D eigenvalue weighted by Crippen LogP contribution is -2.44. The highest BCUT2D eigenvalue weighted by Gasteiger charge is 2.34. The number of ether oxygens (including phenoxy) is 1. The number of carboxylic acids is 1. The summed E-state index contributed by atoms with van der Waals surface area (Å²) in [7, 11) is 1.61. The van der Waals surface area contributed by atoms with Crippen LogP contribution in [0, 0.1) is 11.8 Å². The number of fused-ring (bicyclic) bond motifs is 1. The van der Waals surface area contributed by atoms with E-state index in [9.17, 15) is 15.0 Å². The number of halogens is 1. The van der Waals surface area contributed by atoms with E-state index in [4.69, 9.17) is 16.3 Å². The van der Waals surface area contributed by atoms with Crippen molar-refractivity contribution >= 4 is 40.2 Å². The van der Waals surface area contributed by atoms with Crippen molar-refractivity contribution in [3.63, 3.8) is 0 Å². The minimum atomic E-state index is -0.751. The van der Waals surface area contributed by atoms with E-state index in [0.717, 1.165) is 51.6 Å². The molecular weight excluding hydrogens is 484 g/mol. The van der Waals surface area contributed by atoms with Gasteiger partial charge in [-0.3, -0.25) is 9.78 Å². The average molecular weight is 515 g/mol. The highest BCUT2D eigenvalue weighted by atomic mass is 35.5. The number of methoxy groups -OCH3 is 1. The third-order valence-corrected chi connectivity index (χ3v) is 8.04. The molecule has 0 radical (unpaired) electrons. The quantitative estimate of drug-likeness (QED) is 0.344. The monoisotopic (exact) mass is 514 g/mol. The van der Waals surface area contributed by atoms with Gasteiger partial charge >= 0.3 is 5.97 Å². The van der Waals surface area contributed by atoms with Crippen LogP contribution >= 0.6 is 23.4 Å². The Balaban J connectivity index is 1.32. The normalized spacial score (nSPS) is 19.5. The minimum Gasteiger partial charge on any atom is -0.497 e. The first-order valence-corrected chi connectivity index (χ1v) is 13.2. The van der Waals surface area contributed by atoms with Gasteiger partial charge in [0, 0.05) is 40.3 Å². The summed E-state index contributed by atoms with van der Waals surface area (Å²) in [5.74, 6) is 0.483. The topological polar surface area (TPSA) is 82.9 Å². The number of pyridine rings is 1. The molecule has 1 aliphatic rings. The number of benzene rings is 2. The van der Waals surface area contributed by atoms with Crippen molar-refractivity contribution in [2.45, 2.75) is 30.3 Å². The number of aliphatic hydroxyl groups excluding tert-OH is 1. The molecule has 0 bridgehead atoms. The maximum absolute atomic E-state index is 12.1. The maximum Gasteiger partial charge on any atom is 0.308 e. The van der Waals surface area contributed by atoms with Crippen LogP contribution in [0.3, 0.4) is 0 Å². The lowest BCUT2D eigenvalue weighted by Gasteiger charge is -2.37. The fourth-order valence-corrected chi connectivity index (χ4v) is 5.85. The van der Waals surface area contributed by atoms with Crippen molar-refractivity contribution < 1.29 is 19.7 Å². The van der Waals surface area contributed by atoms with Crippen LogP contribution in [0.5, 0.6) is 5.75 Å². The van der Waals surface area contributed by atoms with Gasteiger partial charge in [0.05, 0.1) is 24.6 Å². The molecule has 1 unspecified atom stereocenters. The fraction of sp³-hybridized carbons (Fsp3) is 0.407. The van der Waals surface area contributed by atoms with E-state index in [0.29, 0.717) is 25.1 Å². The summed E-state index contributed by atoms with van der Waals surface area (Å²) in [6.45, 7) is 2.27. The standard InChI is InChI=1S/C27H31ClN2O4S/c1-34-20-5-8-25-23(16-20)22(10-12-29-25)26(31)9-2-18-11-13-30(17-24(18)27(32)33)14-15-35-21-6-3-19(28)4-7-21/h3-8,10,12,16,18,24,26,31H,2,9,11,13-15,17H2,1H3,(H,32,33)/t18-,24+,26?/m1/s1. The molecular formula is C27H31ClN2O4S. The minimum absolute atomic E-state index is 0.0463. The molecule has 186 valence electrons. The van der Waals surface area contributed by atoms with Gasteiger partial charge in [0.25, 0.3) is 0 Å². The fourth-order valence-electron chi connectivity index (χ4n) is 4.81. The predicted molar refractivity (Wildman–Crippen MR) is 140 cm³/mol. The van der Waals surface area contributed by atoms with Gasteiger partial charge in [0.1, 0.15) is 5.75 Å². The third kappa shape index (κ3) is 6.67. The SMILES string of the molecule is COc1ccc2nccc(C(O)CC[C@@H]3CCN(CCSc4ccc(Cl)cc4)C[C@@H]3C(=O)O)c2c1. The molecule has 3 aromatic rings. The molecule has 8 heteroatoms. The number of nitrogens with zero attached hydrogens (tertiary/aromatic N) is 2. The van der Waals surface area contributed by atoms with E-state index >= 15 is 0 Å². The Morgan fingerprint density at radius 1 is 1.26 bits per heavy atom. The van der Waals surface area contributed by atoms with Crippen molar-refractivity contribution in [2.75, 3.05) is 32.5 Å². The van der Waals surface area contributed by atoms with Gasteiger partial charge in [-0.25, -0.2) is 0 Å². The first kappa shape index (κ1) is 25.8. The maximum atomic E-state index is 12.1. The molecule has 2 heterocycles. The molecule has 2 aromatic carbocycles. The zero-order valence-corrected chi connectivity index (χ0v) is 21.3. The molecule has 6 nitrogen and oxygen atoms in total. The van der Waals surface area contributed by atoms with E-state index < -0.39 is 18.0 Å². The lowest BCUT2D eigenvalue weighted by atomic mass is 9.81. The van der Waals surface area contributed by atoms with E-state index in [1.54, 1.807) is 25.1 Å². The number of hydrogen-bond acceptors (Lipinski definition) is 6. The van der Waals surface area contributed by atoms with Gasteiger partial charge in [0.15, 0.2) is 0 Å². The van der Waals surface area contributed by atoms with E-state index in [1.807, 2.05) is 48.5 Å². The molecule has 1 aromatic heterocycles. The van der Waals surface area contributed by atoms with Gasteiger partial charge in [-0.2, -0.15) is 0 Å². The Labute approximate surface area is 215 Å². The average Bonchev–Trinajstić information content (AvgIpc) is 2.88. The van der Waals surface area contributed by atoms with Crippen molar-refractivity contribution in [3.8, 4) is 5.75 Å². The number of likely N-dealkylation sites (tertiary alicyclic amines) is 1. The van der Waals surface area contributed by atoms with Gasteiger partial charge in [-0.15, -0.1) is 11.8 Å². The van der Waals surface area contributed by atoms with Crippen LogP contribution in [-0.2, 0) is 4.79 Å². The second-order valence-corrected chi connectivity index (χ2v) is 10.6. The summed E-state index contributed by atoms with van der Waals surface area (Å²) in [4.78, 5) is 19.9. The molecule has 0 amide bonds. The smallest absolute Gasteiger partial charge is 0.308 e. The summed E-state index contributed by atoms with van der Waals surface area (Å²) in [6, 6.07) is 15.2. The summed E-state index contributed by atoms with van der Waals surface area (Å²) >= 11 is 7.70. The van der Waals surface area contributed by atoms with Crippen LogP contribution in [0.4, 0.5) is 0 Å². The summed E-state index contributed by atoms with van der Waals surface area (Å²) in [6.07, 6.45) is 3.01. The number of rotatable bonds is 10. The highest BCUT2D eigenvalue weighted by molar-refractivity contribution is 7.99. The molecule has 0 aliphatic carbocycles. The van der Waals surface area contributed by atoms with Gasteiger partial charge < -0.3 is 19.8 Å². The van der Waals surface area contributed by atoms with Gasteiger partial charge in [-0.05, 0) is 85.8 Å². The Bertz CT molecular complexity index is 1140. The second kappa shape index (κ2) is 12.1. The van der Waals surface area contributed by atoms with Gasteiger partial charge in [0.2, 0.25) is 0 Å². The number of aromatic nitrogens is 1. The summed E-state index contributed by atoms with van der Waals surface area (Å²) < 4.78 is 5.33. The van der Waals surface area contributed by atoms with Crippen molar-refractivity contribution in [2.24, 2.45) is 11.8 Å². The van der Waals surface area contributed by atoms with Crippen LogP contribution < -0.4 is 4.74 Å². The van der Waals surface area contributed by atoms with E-state index in [1.165, 1.54) is 0 Å². The Kier molecular flexibility index (Phi) is 8.89. The van der Waals surface area contributed by atoms with Gasteiger partial charge in [-0.1, -0.05) is 11.6 Å². The molecule has 1 fully saturated rings. The Morgan fingerprint density at radius 2 is 2.06 bits per heavy atom. The first-order valence-electron chi connectivity index (χ1n) is 11.9. The molecule has 0 spiro atoms. The largest absolute Gasteiger partial charge is 0.497 e. The molecule has 4 rings (SSSR count). The zero-order chi connectivity index (χ0) is 24.8. The summed E-state index contributed by atoms with van der Waals surface area (Å²) in [5.41, 5.74) is 1.60. The number of piperidine rings is 1. The number of carboxylic acid groups (broad SMARTS) is 1. The molecule has 2 N–H and O–H groups in total. The first-order chi connectivity index (χ1) is 16.9. The second-order valence-electron chi connectivity index (χ2n) is 8.97. The van der Waals surface area contributed by atoms with Crippen molar-refractivity contribution in [1.29, 1.82) is 0 Å². The van der Waals surface area contributed by atoms with Crippen LogP contribution in [0.2, 0.25) is 5.02 Å². The Hall–Kier alpha value is -2.32. The number of carbonyl (C=O) groups is 1. The molecule has 1 saturated heterocycles. The third-order valence-electron chi connectivity index (χ3n) is 6.80. The van der Waals surface area contributed by atoms with Crippen LogP contribution in [0.15, 0.2) is 59.6 Å². The van der Waals surface area contributed by atoms with Crippen molar-refractivity contribution in [1.82, 2.24) is 9.88 Å².